The average Bonchev–Trinajstić information content (AvgIpc) is 3.00. The maximum absolute atomic E-state index is 13.7. The number of rotatable bonds is 8. The van der Waals surface area contributed by atoms with E-state index in [1.165, 1.54) is 21.3 Å². The molecule has 0 saturated carbocycles. The van der Waals surface area contributed by atoms with Crippen molar-refractivity contribution in [1.82, 2.24) is 24.7 Å². The van der Waals surface area contributed by atoms with Crippen LogP contribution in [0.3, 0.4) is 0 Å². The molecule has 0 bridgehead atoms. The van der Waals surface area contributed by atoms with Crippen LogP contribution >= 0.6 is 11.6 Å². The number of hydrogen-bond acceptors (Lipinski definition) is 7. The SMILES string of the molecule is Cc1nc2cccc(NCCN3CCN(Cc4ccccc4-c4ccc(Cl)cc4)CC3)c2c(=O)n1C1CCC(=O)NC1=O. The van der Waals surface area contributed by atoms with Gasteiger partial charge in [-0.3, -0.25) is 34.1 Å². The number of nitrogens with zero attached hydrogens (tertiary/aromatic N) is 4. The Hall–Kier alpha value is -4.05. The van der Waals surface area contributed by atoms with Gasteiger partial charge in [0.2, 0.25) is 11.8 Å². The van der Waals surface area contributed by atoms with Gasteiger partial charge < -0.3 is 5.32 Å². The molecule has 4 aromatic rings. The van der Waals surface area contributed by atoms with Crippen LogP contribution in [-0.4, -0.2) is 70.4 Å². The molecule has 222 valence electrons. The number of carbonyl (C=O) groups is 2. The molecule has 2 N–H and O–H groups in total. The van der Waals surface area contributed by atoms with Gasteiger partial charge in [0, 0.05) is 62.9 Å². The lowest BCUT2D eigenvalue weighted by Gasteiger charge is -2.35. The van der Waals surface area contributed by atoms with Gasteiger partial charge in [0.25, 0.3) is 5.56 Å². The van der Waals surface area contributed by atoms with E-state index in [-0.39, 0.29) is 24.3 Å². The van der Waals surface area contributed by atoms with E-state index in [4.69, 9.17) is 11.6 Å². The normalized spacial score (nSPS) is 18.1. The molecule has 43 heavy (non-hydrogen) atoms. The number of nitrogens with one attached hydrogen (secondary N) is 2. The van der Waals surface area contributed by atoms with E-state index in [1.54, 1.807) is 6.92 Å². The molecule has 6 rings (SSSR count). The van der Waals surface area contributed by atoms with Crippen molar-refractivity contribution in [2.24, 2.45) is 0 Å². The monoisotopic (exact) mass is 598 g/mol. The van der Waals surface area contributed by atoms with Gasteiger partial charge >= 0.3 is 0 Å². The Balaban J connectivity index is 1.08. The maximum Gasteiger partial charge on any atom is 0.264 e. The van der Waals surface area contributed by atoms with Gasteiger partial charge in [-0.1, -0.05) is 54.1 Å². The van der Waals surface area contributed by atoms with Crippen LogP contribution in [0.1, 0.15) is 30.3 Å². The molecule has 2 saturated heterocycles. The fraction of sp³-hybridized carbons (Fsp3) is 0.333. The Morgan fingerprint density at radius 2 is 1.67 bits per heavy atom. The standard InChI is InChI=1S/C33H35ClN6O3/c1-22-36-28-8-4-7-27(31(28)33(43)40(22)29-13-14-30(41)37-32(29)42)35-15-16-38-17-19-39(20-18-38)21-24-5-2-3-6-26(24)23-9-11-25(34)12-10-23/h2-12,29,35H,13-21H2,1H3,(H,37,41,42). The van der Waals surface area contributed by atoms with Gasteiger partial charge in [-0.2, -0.15) is 0 Å². The molecular weight excluding hydrogens is 564 g/mol. The molecule has 2 aliphatic heterocycles. The summed E-state index contributed by atoms with van der Waals surface area (Å²) in [4.78, 5) is 47.4. The summed E-state index contributed by atoms with van der Waals surface area (Å²) >= 11 is 6.10. The van der Waals surface area contributed by atoms with Crippen LogP contribution in [-0.2, 0) is 16.1 Å². The lowest BCUT2D eigenvalue weighted by Crippen LogP contribution is -2.47. The zero-order chi connectivity index (χ0) is 29.9. The van der Waals surface area contributed by atoms with E-state index in [0.29, 0.717) is 29.0 Å². The summed E-state index contributed by atoms with van der Waals surface area (Å²) in [6, 6.07) is 21.4. The number of halogens is 1. The molecule has 0 radical (unpaired) electrons. The first kappa shape index (κ1) is 29.0. The van der Waals surface area contributed by atoms with E-state index in [9.17, 15) is 14.4 Å². The molecule has 0 aliphatic carbocycles. The Labute approximate surface area is 255 Å². The van der Waals surface area contributed by atoms with Gasteiger partial charge in [-0.15, -0.1) is 0 Å². The number of hydrogen-bond donors (Lipinski definition) is 2. The number of amides is 2. The predicted octanol–water partition coefficient (Wildman–Crippen LogP) is 4.23. The smallest absolute Gasteiger partial charge is 0.264 e. The molecule has 3 heterocycles. The third-order valence-electron chi connectivity index (χ3n) is 8.40. The molecule has 1 aromatic heterocycles. The second kappa shape index (κ2) is 12.7. The zero-order valence-electron chi connectivity index (χ0n) is 24.2. The van der Waals surface area contributed by atoms with Crippen LogP contribution in [0.5, 0.6) is 0 Å². The summed E-state index contributed by atoms with van der Waals surface area (Å²) in [6.07, 6.45) is 0.481. The second-order valence-electron chi connectivity index (χ2n) is 11.2. The van der Waals surface area contributed by atoms with Crippen molar-refractivity contribution >= 4 is 40.0 Å². The van der Waals surface area contributed by atoms with Crippen molar-refractivity contribution in [2.75, 3.05) is 44.6 Å². The summed E-state index contributed by atoms with van der Waals surface area (Å²) in [5.74, 6) is -0.315. The maximum atomic E-state index is 13.7. The van der Waals surface area contributed by atoms with Gasteiger partial charge in [0.1, 0.15) is 11.9 Å². The van der Waals surface area contributed by atoms with E-state index >= 15 is 0 Å². The lowest BCUT2D eigenvalue weighted by atomic mass is 9.99. The summed E-state index contributed by atoms with van der Waals surface area (Å²) in [5.41, 5.74) is 4.74. The molecule has 3 aromatic carbocycles. The third-order valence-corrected chi connectivity index (χ3v) is 8.65. The number of piperidine rings is 1. The van der Waals surface area contributed by atoms with Crippen molar-refractivity contribution < 1.29 is 9.59 Å². The number of imide groups is 1. The lowest BCUT2D eigenvalue weighted by molar-refractivity contribution is -0.135. The van der Waals surface area contributed by atoms with Gasteiger partial charge in [0.15, 0.2) is 0 Å². The third kappa shape index (κ3) is 6.34. The van der Waals surface area contributed by atoms with Crippen molar-refractivity contribution in [3.8, 4) is 11.1 Å². The first-order valence-corrected chi connectivity index (χ1v) is 15.1. The highest BCUT2D eigenvalue weighted by Gasteiger charge is 2.31. The molecule has 2 fully saturated rings. The van der Waals surface area contributed by atoms with Gasteiger partial charge in [-0.05, 0) is 54.3 Å². The van der Waals surface area contributed by atoms with Crippen molar-refractivity contribution in [3.05, 3.63) is 93.5 Å². The van der Waals surface area contributed by atoms with Crippen LogP contribution in [0.25, 0.3) is 22.0 Å². The highest BCUT2D eigenvalue weighted by molar-refractivity contribution is 6.30. The summed E-state index contributed by atoms with van der Waals surface area (Å²) in [7, 11) is 0. The fourth-order valence-corrected chi connectivity index (χ4v) is 6.25. The van der Waals surface area contributed by atoms with Crippen LogP contribution < -0.4 is 16.2 Å². The molecule has 10 heteroatoms. The molecule has 0 spiro atoms. The highest BCUT2D eigenvalue weighted by Crippen LogP contribution is 2.27. The topological polar surface area (TPSA) is 99.6 Å². The number of piperazine rings is 1. The molecule has 9 nitrogen and oxygen atoms in total. The van der Waals surface area contributed by atoms with E-state index in [1.807, 2.05) is 30.3 Å². The Morgan fingerprint density at radius 1 is 0.930 bits per heavy atom. The number of carbonyl (C=O) groups excluding carboxylic acids is 2. The summed E-state index contributed by atoms with van der Waals surface area (Å²) in [6.45, 7) is 8.00. The van der Waals surface area contributed by atoms with E-state index in [2.05, 4.69) is 61.8 Å². The molecule has 2 aliphatic rings. The largest absolute Gasteiger partial charge is 0.383 e. The number of aromatic nitrogens is 2. The first-order valence-electron chi connectivity index (χ1n) is 14.8. The van der Waals surface area contributed by atoms with Crippen LogP contribution in [0.2, 0.25) is 5.02 Å². The summed E-state index contributed by atoms with van der Waals surface area (Å²) in [5, 5.41) is 7.00. The van der Waals surface area contributed by atoms with E-state index < -0.39 is 11.9 Å². The average molecular weight is 599 g/mol. The molecule has 1 unspecified atom stereocenters. The molecule has 1 atom stereocenters. The minimum absolute atomic E-state index is 0.197. The fourth-order valence-electron chi connectivity index (χ4n) is 6.13. The van der Waals surface area contributed by atoms with Crippen LogP contribution in [0.4, 0.5) is 5.69 Å². The highest BCUT2D eigenvalue weighted by atomic mass is 35.5. The minimum Gasteiger partial charge on any atom is -0.383 e. The second-order valence-corrected chi connectivity index (χ2v) is 11.6. The Bertz CT molecular complexity index is 1710. The molecular formula is C33H35ClN6O3. The minimum atomic E-state index is -0.746. The Morgan fingerprint density at radius 3 is 2.44 bits per heavy atom. The molecule has 2 amide bonds. The zero-order valence-corrected chi connectivity index (χ0v) is 24.9. The predicted molar refractivity (Wildman–Crippen MR) is 169 cm³/mol. The van der Waals surface area contributed by atoms with Gasteiger partial charge in [-0.25, -0.2) is 4.98 Å². The van der Waals surface area contributed by atoms with Crippen molar-refractivity contribution in [1.29, 1.82) is 0 Å². The van der Waals surface area contributed by atoms with Crippen molar-refractivity contribution in [3.63, 3.8) is 0 Å². The van der Waals surface area contributed by atoms with Crippen LogP contribution in [0, 0.1) is 6.92 Å². The number of anilines is 1. The summed E-state index contributed by atoms with van der Waals surface area (Å²) < 4.78 is 1.43. The van der Waals surface area contributed by atoms with Gasteiger partial charge in [0.05, 0.1) is 10.9 Å². The number of benzene rings is 3. The quantitative estimate of drug-likeness (QED) is 0.293. The first-order chi connectivity index (χ1) is 20.9. The Kier molecular flexibility index (Phi) is 8.56. The van der Waals surface area contributed by atoms with E-state index in [0.717, 1.165) is 44.3 Å². The number of fused-ring (bicyclic) bond motifs is 1. The number of aryl methyl sites for hydroxylation is 1. The van der Waals surface area contributed by atoms with Crippen LogP contribution in [0.15, 0.2) is 71.5 Å². The van der Waals surface area contributed by atoms with Crippen molar-refractivity contribution in [2.45, 2.75) is 32.4 Å².